The lowest BCUT2D eigenvalue weighted by Crippen LogP contribution is -2.31. The van der Waals surface area contributed by atoms with Crippen LogP contribution < -0.4 is 5.32 Å². The van der Waals surface area contributed by atoms with Crippen LogP contribution in [0.1, 0.15) is 4.88 Å². The Bertz CT molecular complexity index is 229. The number of hydrogen-bond acceptors (Lipinski definition) is 5. The molecule has 1 atom stereocenters. The van der Waals surface area contributed by atoms with Crippen LogP contribution in [0.4, 0.5) is 0 Å². The van der Waals surface area contributed by atoms with E-state index in [0.29, 0.717) is 6.61 Å². The first kappa shape index (κ1) is 11.6. The monoisotopic (exact) mass is 216 g/mol. The number of nitrogens with zero attached hydrogens (tertiary/aromatic N) is 1. The third-order valence-corrected chi connectivity index (χ3v) is 2.62. The molecule has 0 fully saturated rings. The molecule has 0 saturated carbocycles. The van der Waals surface area contributed by atoms with Crippen LogP contribution in [0, 0.1) is 0 Å². The molecule has 80 valence electrons. The van der Waals surface area contributed by atoms with Crippen molar-refractivity contribution in [3.63, 3.8) is 0 Å². The van der Waals surface area contributed by atoms with Crippen LogP contribution in [0.2, 0.25) is 0 Å². The summed E-state index contributed by atoms with van der Waals surface area (Å²) in [5.74, 6) is 0. The number of hydrogen-bond donors (Lipinski definition) is 1. The second-order valence-electron chi connectivity index (χ2n) is 2.91. The zero-order chi connectivity index (χ0) is 10.2. The molecule has 1 unspecified atom stereocenters. The summed E-state index contributed by atoms with van der Waals surface area (Å²) in [6.07, 6.45) is 1.99. The van der Waals surface area contributed by atoms with Crippen molar-refractivity contribution in [1.82, 2.24) is 10.3 Å². The van der Waals surface area contributed by atoms with Gasteiger partial charge in [-0.05, 0) is 0 Å². The molecule has 1 rings (SSSR count). The van der Waals surface area contributed by atoms with Gasteiger partial charge in [0.25, 0.3) is 0 Å². The number of rotatable bonds is 7. The molecule has 1 aromatic rings. The van der Waals surface area contributed by atoms with E-state index in [1.54, 1.807) is 25.6 Å². The Morgan fingerprint density at radius 3 is 3.00 bits per heavy atom. The molecule has 0 radical (unpaired) electrons. The molecule has 1 aromatic heterocycles. The number of ether oxygens (including phenoxy) is 2. The van der Waals surface area contributed by atoms with E-state index in [1.807, 2.05) is 11.7 Å². The maximum Gasteiger partial charge on any atom is 0.0928 e. The van der Waals surface area contributed by atoms with Crippen molar-refractivity contribution in [3.8, 4) is 0 Å². The molecule has 5 heteroatoms. The predicted molar refractivity (Wildman–Crippen MR) is 56.5 cm³/mol. The molecule has 0 bridgehead atoms. The van der Waals surface area contributed by atoms with Crippen LogP contribution in [0.5, 0.6) is 0 Å². The van der Waals surface area contributed by atoms with Crippen molar-refractivity contribution >= 4 is 11.3 Å². The highest BCUT2D eigenvalue weighted by molar-refractivity contribution is 7.09. The fraction of sp³-hybridized carbons (Fsp3) is 0.667. The summed E-state index contributed by atoms with van der Waals surface area (Å²) in [6, 6.07) is 0. The smallest absolute Gasteiger partial charge is 0.0928 e. The molecular formula is C9H16N2O2S. The standard InChI is InChI=1S/C9H16N2O2S/c1-12-6-8(13-2)3-10-4-9-5-11-7-14-9/h5,7-8,10H,3-4,6H2,1-2H3. The number of thiazole rings is 1. The average molecular weight is 216 g/mol. The Morgan fingerprint density at radius 1 is 1.57 bits per heavy atom. The highest BCUT2D eigenvalue weighted by Crippen LogP contribution is 2.04. The first-order chi connectivity index (χ1) is 6.86. The van der Waals surface area contributed by atoms with Gasteiger partial charge in [-0.1, -0.05) is 0 Å². The van der Waals surface area contributed by atoms with Crippen molar-refractivity contribution in [1.29, 1.82) is 0 Å². The van der Waals surface area contributed by atoms with Gasteiger partial charge in [-0.2, -0.15) is 0 Å². The third kappa shape index (κ3) is 4.15. The quantitative estimate of drug-likeness (QED) is 0.735. The zero-order valence-electron chi connectivity index (χ0n) is 8.53. The van der Waals surface area contributed by atoms with E-state index in [4.69, 9.17) is 9.47 Å². The molecular weight excluding hydrogens is 200 g/mol. The molecule has 14 heavy (non-hydrogen) atoms. The van der Waals surface area contributed by atoms with E-state index in [2.05, 4.69) is 10.3 Å². The van der Waals surface area contributed by atoms with Gasteiger partial charge in [-0.15, -0.1) is 11.3 Å². The fourth-order valence-corrected chi connectivity index (χ4v) is 1.65. The van der Waals surface area contributed by atoms with Gasteiger partial charge in [0, 0.05) is 38.4 Å². The van der Waals surface area contributed by atoms with Crippen LogP contribution in [0.15, 0.2) is 11.7 Å². The first-order valence-corrected chi connectivity index (χ1v) is 5.34. The summed E-state index contributed by atoms with van der Waals surface area (Å²) in [5, 5.41) is 3.29. The molecule has 1 N–H and O–H groups in total. The first-order valence-electron chi connectivity index (χ1n) is 4.46. The second kappa shape index (κ2) is 6.89. The van der Waals surface area contributed by atoms with Gasteiger partial charge in [0.1, 0.15) is 0 Å². The van der Waals surface area contributed by atoms with Crippen molar-refractivity contribution in [2.75, 3.05) is 27.4 Å². The van der Waals surface area contributed by atoms with E-state index in [1.165, 1.54) is 4.88 Å². The van der Waals surface area contributed by atoms with Crippen LogP contribution in [0.25, 0.3) is 0 Å². The maximum absolute atomic E-state index is 5.21. The second-order valence-corrected chi connectivity index (χ2v) is 3.88. The molecule has 0 saturated heterocycles. The minimum Gasteiger partial charge on any atom is -0.382 e. The molecule has 0 aliphatic carbocycles. The van der Waals surface area contributed by atoms with Crippen LogP contribution in [-0.2, 0) is 16.0 Å². The largest absolute Gasteiger partial charge is 0.382 e. The van der Waals surface area contributed by atoms with E-state index >= 15 is 0 Å². The van der Waals surface area contributed by atoms with Crippen LogP contribution >= 0.6 is 11.3 Å². The molecule has 4 nitrogen and oxygen atoms in total. The normalized spacial score (nSPS) is 13.0. The summed E-state index contributed by atoms with van der Waals surface area (Å²) in [7, 11) is 3.37. The number of methoxy groups -OCH3 is 2. The molecule has 0 amide bonds. The van der Waals surface area contributed by atoms with Gasteiger partial charge in [0.2, 0.25) is 0 Å². The number of aromatic nitrogens is 1. The van der Waals surface area contributed by atoms with Crippen molar-refractivity contribution in [3.05, 3.63) is 16.6 Å². The molecule has 0 aromatic carbocycles. The van der Waals surface area contributed by atoms with Gasteiger partial charge in [-0.25, -0.2) is 0 Å². The molecule has 0 aliphatic rings. The van der Waals surface area contributed by atoms with Gasteiger partial charge in [0.15, 0.2) is 0 Å². The lowest BCUT2D eigenvalue weighted by atomic mass is 10.3. The maximum atomic E-state index is 5.21. The van der Waals surface area contributed by atoms with Crippen molar-refractivity contribution < 1.29 is 9.47 Å². The minimum atomic E-state index is 0.118. The lowest BCUT2D eigenvalue weighted by molar-refractivity contribution is 0.0288. The SMILES string of the molecule is COCC(CNCc1cncs1)OC. The van der Waals surface area contributed by atoms with Gasteiger partial charge in [-0.3, -0.25) is 4.98 Å². The molecule has 1 heterocycles. The Hall–Kier alpha value is -0.490. The molecule has 0 spiro atoms. The Balaban J connectivity index is 2.13. The summed E-state index contributed by atoms with van der Waals surface area (Å²) in [5.41, 5.74) is 1.83. The predicted octanol–water partition coefficient (Wildman–Crippen LogP) is 0.894. The topological polar surface area (TPSA) is 43.4 Å². The zero-order valence-corrected chi connectivity index (χ0v) is 9.34. The highest BCUT2D eigenvalue weighted by atomic mass is 32.1. The summed E-state index contributed by atoms with van der Waals surface area (Å²) < 4.78 is 10.2. The summed E-state index contributed by atoms with van der Waals surface area (Å²) in [6.45, 7) is 2.25. The fourth-order valence-electron chi connectivity index (χ4n) is 1.08. The Kier molecular flexibility index (Phi) is 5.70. The minimum absolute atomic E-state index is 0.118. The van der Waals surface area contributed by atoms with Crippen molar-refractivity contribution in [2.24, 2.45) is 0 Å². The van der Waals surface area contributed by atoms with E-state index in [0.717, 1.165) is 13.1 Å². The Morgan fingerprint density at radius 2 is 2.43 bits per heavy atom. The lowest BCUT2D eigenvalue weighted by Gasteiger charge is -2.14. The van der Waals surface area contributed by atoms with E-state index in [-0.39, 0.29) is 6.10 Å². The van der Waals surface area contributed by atoms with E-state index in [9.17, 15) is 0 Å². The average Bonchev–Trinajstić information content (AvgIpc) is 2.69. The van der Waals surface area contributed by atoms with Crippen molar-refractivity contribution in [2.45, 2.75) is 12.6 Å². The summed E-state index contributed by atoms with van der Waals surface area (Å²) in [4.78, 5) is 5.23. The highest BCUT2D eigenvalue weighted by Gasteiger charge is 2.05. The van der Waals surface area contributed by atoms with Gasteiger partial charge >= 0.3 is 0 Å². The summed E-state index contributed by atoms with van der Waals surface area (Å²) >= 11 is 1.65. The van der Waals surface area contributed by atoms with Crippen LogP contribution in [0.3, 0.4) is 0 Å². The third-order valence-electron chi connectivity index (χ3n) is 1.84. The van der Waals surface area contributed by atoms with E-state index < -0.39 is 0 Å². The Labute approximate surface area is 88.3 Å². The van der Waals surface area contributed by atoms with Crippen LogP contribution in [-0.4, -0.2) is 38.5 Å². The molecule has 0 aliphatic heterocycles. The van der Waals surface area contributed by atoms with Gasteiger partial charge in [0.05, 0.1) is 18.2 Å². The van der Waals surface area contributed by atoms with Gasteiger partial charge < -0.3 is 14.8 Å². The number of nitrogens with one attached hydrogen (secondary N) is 1.